The Hall–Kier alpha value is -2.37. The van der Waals surface area contributed by atoms with Gasteiger partial charge in [-0.1, -0.05) is 26.8 Å². The van der Waals surface area contributed by atoms with Crippen molar-refractivity contribution in [1.82, 2.24) is 10.2 Å². The molecule has 1 saturated carbocycles. The molecule has 1 aliphatic carbocycles. The lowest BCUT2D eigenvalue weighted by Crippen LogP contribution is -2.54. The predicted molar refractivity (Wildman–Crippen MR) is 104 cm³/mol. The average molecular weight is 371 g/mol. The number of hydrogen-bond donors (Lipinski definition) is 2. The van der Waals surface area contributed by atoms with Gasteiger partial charge in [0.25, 0.3) is 5.91 Å². The zero-order valence-electron chi connectivity index (χ0n) is 16.8. The van der Waals surface area contributed by atoms with Gasteiger partial charge in [-0.05, 0) is 67.7 Å². The van der Waals surface area contributed by atoms with Gasteiger partial charge in [-0.2, -0.15) is 0 Å². The van der Waals surface area contributed by atoms with Crippen LogP contribution in [0.4, 0.5) is 10.5 Å². The minimum atomic E-state index is -0.877. The Bertz CT molecular complexity index is 782. The predicted octanol–water partition coefficient (Wildman–Crippen LogP) is 3.38. The Balaban J connectivity index is 1.73. The van der Waals surface area contributed by atoms with E-state index in [1.165, 1.54) is 0 Å². The summed E-state index contributed by atoms with van der Waals surface area (Å²) in [4.78, 5) is 39.1. The molecule has 0 bridgehead atoms. The zero-order chi connectivity index (χ0) is 20.0. The number of nitrogens with one attached hydrogen (secondary N) is 2. The summed E-state index contributed by atoms with van der Waals surface area (Å²) in [7, 11) is 0. The first-order chi connectivity index (χ1) is 12.5. The fraction of sp³-hybridized carbons (Fsp3) is 0.571. The summed E-state index contributed by atoms with van der Waals surface area (Å²) in [6.07, 6.45) is 2.24. The first kappa shape index (κ1) is 19.4. The maximum Gasteiger partial charge on any atom is 0.325 e. The van der Waals surface area contributed by atoms with E-state index >= 15 is 0 Å². The standard InChI is InChI=1S/C21H29N3O3/c1-13-6-14(2)8-16(7-13)22-17(25)11-24-18(26)21(23-19(24)27)10-15(3)9-20(4,5)12-21/h6-8,15H,9-12H2,1-5H3,(H,22,25)(H,23,27)/t15-,21-/m0/s1. The first-order valence-corrected chi connectivity index (χ1v) is 9.52. The van der Waals surface area contributed by atoms with Crippen molar-refractivity contribution in [2.75, 3.05) is 11.9 Å². The van der Waals surface area contributed by atoms with Crippen LogP contribution in [0.1, 0.15) is 51.2 Å². The third kappa shape index (κ3) is 3.99. The third-order valence-electron chi connectivity index (χ3n) is 5.43. The molecule has 1 spiro atoms. The number of anilines is 1. The van der Waals surface area contributed by atoms with Crippen molar-refractivity contribution in [3.05, 3.63) is 29.3 Å². The molecule has 3 rings (SSSR count). The molecular weight excluding hydrogens is 342 g/mol. The Morgan fingerprint density at radius 3 is 2.41 bits per heavy atom. The lowest BCUT2D eigenvalue weighted by Gasteiger charge is -2.43. The molecule has 4 amide bonds. The molecule has 1 aliphatic heterocycles. The fourth-order valence-corrected chi connectivity index (χ4v) is 5.04. The molecule has 2 N–H and O–H groups in total. The van der Waals surface area contributed by atoms with Gasteiger partial charge in [0.15, 0.2) is 0 Å². The van der Waals surface area contributed by atoms with E-state index in [9.17, 15) is 14.4 Å². The molecular formula is C21H29N3O3. The van der Waals surface area contributed by atoms with Crippen LogP contribution in [0.5, 0.6) is 0 Å². The minimum Gasteiger partial charge on any atom is -0.325 e. The van der Waals surface area contributed by atoms with Crippen molar-refractivity contribution in [3.63, 3.8) is 0 Å². The van der Waals surface area contributed by atoms with Crippen LogP contribution in [-0.4, -0.2) is 34.8 Å². The second-order valence-electron chi connectivity index (χ2n) is 9.18. The second kappa shape index (κ2) is 6.66. The Morgan fingerprint density at radius 1 is 1.19 bits per heavy atom. The maximum absolute atomic E-state index is 13.1. The van der Waals surface area contributed by atoms with E-state index in [-0.39, 0.29) is 23.8 Å². The molecule has 1 aromatic rings. The molecule has 0 aromatic heterocycles. The largest absolute Gasteiger partial charge is 0.325 e. The van der Waals surface area contributed by atoms with Crippen molar-refractivity contribution >= 4 is 23.5 Å². The average Bonchev–Trinajstić information content (AvgIpc) is 2.67. The summed E-state index contributed by atoms with van der Waals surface area (Å²) in [6, 6.07) is 5.27. The van der Waals surface area contributed by atoms with Crippen LogP contribution in [0.15, 0.2) is 18.2 Å². The number of amides is 4. The summed E-state index contributed by atoms with van der Waals surface area (Å²) in [5.41, 5.74) is 1.85. The molecule has 2 aliphatic rings. The minimum absolute atomic E-state index is 0.0298. The van der Waals surface area contributed by atoms with E-state index in [2.05, 4.69) is 31.4 Å². The van der Waals surface area contributed by atoms with Gasteiger partial charge < -0.3 is 10.6 Å². The third-order valence-corrected chi connectivity index (χ3v) is 5.43. The molecule has 1 heterocycles. The van der Waals surface area contributed by atoms with Gasteiger partial charge in [0, 0.05) is 5.69 Å². The van der Waals surface area contributed by atoms with Crippen molar-refractivity contribution in [2.45, 2.75) is 59.4 Å². The van der Waals surface area contributed by atoms with Gasteiger partial charge in [-0.15, -0.1) is 0 Å². The highest BCUT2D eigenvalue weighted by atomic mass is 16.2. The number of rotatable bonds is 3. The van der Waals surface area contributed by atoms with Crippen LogP contribution in [0.3, 0.4) is 0 Å². The number of nitrogens with zero attached hydrogens (tertiary/aromatic N) is 1. The van der Waals surface area contributed by atoms with Crippen molar-refractivity contribution in [1.29, 1.82) is 0 Å². The van der Waals surface area contributed by atoms with E-state index in [1.54, 1.807) is 0 Å². The maximum atomic E-state index is 13.1. The quantitative estimate of drug-likeness (QED) is 0.800. The van der Waals surface area contributed by atoms with Gasteiger partial charge in [0.1, 0.15) is 12.1 Å². The van der Waals surface area contributed by atoms with E-state index in [0.29, 0.717) is 24.4 Å². The summed E-state index contributed by atoms with van der Waals surface area (Å²) in [5.74, 6) is -0.312. The van der Waals surface area contributed by atoms with E-state index in [1.807, 2.05) is 32.0 Å². The first-order valence-electron chi connectivity index (χ1n) is 9.52. The summed E-state index contributed by atoms with van der Waals surface area (Å²) >= 11 is 0. The summed E-state index contributed by atoms with van der Waals surface area (Å²) < 4.78 is 0. The normalized spacial score (nSPS) is 27.0. The molecule has 1 saturated heterocycles. The fourth-order valence-electron chi connectivity index (χ4n) is 5.04. The van der Waals surface area contributed by atoms with Crippen LogP contribution in [0.25, 0.3) is 0 Å². The Kier molecular flexibility index (Phi) is 4.78. The van der Waals surface area contributed by atoms with Gasteiger partial charge in [0.2, 0.25) is 5.91 Å². The Morgan fingerprint density at radius 2 is 1.81 bits per heavy atom. The van der Waals surface area contributed by atoms with Gasteiger partial charge in [0.05, 0.1) is 0 Å². The van der Waals surface area contributed by atoms with E-state index in [4.69, 9.17) is 0 Å². The highest BCUT2D eigenvalue weighted by Crippen LogP contribution is 2.46. The molecule has 0 radical (unpaired) electrons. The Labute approximate surface area is 160 Å². The number of aryl methyl sites for hydroxylation is 2. The molecule has 146 valence electrons. The SMILES string of the molecule is Cc1cc(C)cc(NC(=O)CN2C(=O)N[C@]3(C[C@@H](C)CC(C)(C)C3)C2=O)c1. The number of imide groups is 1. The molecule has 27 heavy (non-hydrogen) atoms. The highest BCUT2D eigenvalue weighted by molar-refractivity contribution is 6.10. The molecule has 6 nitrogen and oxygen atoms in total. The van der Waals surface area contributed by atoms with Gasteiger partial charge in [-0.3, -0.25) is 14.5 Å². The lowest BCUT2D eigenvalue weighted by molar-refractivity contribution is -0.136. The van der Waals surface area contributed by atoms with Crippen molar-refractivity contribution in [3.8, 4) is 0 Å². The molecule has 0 unspecified atom stereocenters. The van der Waals surface area contributed by atoms with Crippen molar-refractivity contribution < 1.29 is 14.4 Å². The van der Waals surface area contributed by atoms with Crippen LogP contribution in [0.2, 0.25) is 0 Å². The smallest absolute Gasteiger partial charge is 0.325 e. The summed E-state index contributed by atoms with van der Waals surface area (Å²) in [6.45, 7) is 10.00. The number of hydrogen-bond acceptors (Lipinski definition) is 3. The van der Waals surface area contributed by atoms with E-state index < -0.39 is 11.6 Å². The highest BCUT2D eigenvalue weighted by Gasteiger charge is 2.56. The molecule has 6 heteroatoms. The number of benzene rings is 1. The van der Waals surface area contributed by atoms with Crippen LogP contribution < -0.4 is 10.6 Å². The molecule has 2 fully saturated rings. The molecule has 1 aromatic carbocycles. The van der Waals surface area contributed by atoms with E-state index in [0.717, 1.165) is 22.4 Å². The lowest BCUT2D eigenvalue weighted by atomic mass is 9.64. The topological polar surface area (TPSA) is 78.5 Å². The number of carbonyl (C=O) groups is 3. The second-order valence-corrected chi connectivity index (χ2v) is 9.18. The number of urea groups is 1. The summed E-state index contributed by atoms with van der Waals surface area (Å²) in [5, 5.41) is 5.70. The van der Waals surface area contributed by atoms with Gasteiger partial charge >= 0.3 is 6.03 Å². The van der Waals surface area contributed by atoms with Crippen LogP contribution >= 0.6 is 0 Å². The zero-order valence-corrected chi connectivity index (χ0v) is 16.8. The molecule has 2 atom stereocenters. The van der Waals surface area contributed by atoms with Crippen molar-refractivity contribution in [2.24, 2.45) is 11.3 Å². The van der Waals surface area contributed by atoms with Crippen LogP contribution in [0, 0.1) is 25.2 Å². The monoisotopic (exact) mass is 371 g/mol. The van der Waals surface area contributed by atoms with Crippen LogP contribution in [-0.2, 0) is 9.59 Å². The number of carbonyl (C=O) groups excluding carboxylic acids is 3. The van der Waals surface area contributed by atoms with Gasteiger partial charge in [-0.25, -0.2) is 4.79 Å².